The molecule has 0 saturated carbocycles. The van der Waals surface area contributed by atoms with Crippen molar-refractivity contribution in [3.8, 4) is 17.0 Å². The van der Waals surface area contributed by atoms with Crippen LogP contribution in [-0.4, -0.2) is 27.4 Å². The summed E-state index contributed by atoms with van der Waals surface area (Å²) in [6.45, 7) is 0. The molecular weight excluding hydrogens is 368 g/mol. The topological polar surface area (TPSA) is 81.7 Å². The van der Waals surface area contributed by atoms with Gasteiger partial charge in [-0.1, -0.05) is 24.3 Å². The molecule has 1 amide bonds. The maximum absolute atomic E-state index is 12.6. The fraction of sp³-hybridized carbons (Fsp3) is 0.0455. The molecule has 3 heterocycles. The minimum Gasteiger partial charge on any atom is -0.493 e. The van der Waals surface area contributed by atoms with Crippen LogP contribution in [0.1, 0.15) is 10.6 Å². The zero-order valence-electron chi connectivity index (χ0n) is 15.5. The van der Waals surface area contributed by atoms with Crippen LogP contribution >= 0.6 is 0 Å². The Morgan fingerprint density at radius 1 is 1.14 bits per heavy atom. The first-order valence-corrected chi connectivity index (χ1v) is 8.99. The number of para-hydroxylation sites is 1. The number of methoxy groups -OCH3 is 1. The van der Waals surface area contributed by atoms with Gasteiger partial charge in [0.15, 0.2) is 17.1 Å². The predicted molar refractivity (Wildman–Crippen MR) is 109 cm³/mol. The third-order valence-corrected chi connectivity index (χ3v) is 4.63. The molecule has 5 aromatic rings. The Balaban J connectivity index is 1.37. The summed E-state index contributed by atoms with van der Waals surface area (Å²) >= 11 is 0. The lowest BCUT2D eigenvalue weighted by atomic mass is 10.1. The van der Waals surface area contributed by atoms with Gasteiger partial charge in [0, 0.05) is 35.2 Å². The number of nitrogens with one attached hydrogen (secondary N) is 1. The Bertz CT molecular complexity index is 1300. The summed E-state index contributed by atoms with van der Waals surface area (Å²) in [4.78, 5) is 21.3. The second-order valence-electron chi connectivity index (χ2n) is 6.47. The Kier molecular flexibility index (Phi) is 3.98. The molecule has 5 rings (SSSR count). The monoisotopic (exact) mass is 384 g/mol. The van der Waals surface area contributed by atoms with E-state index in [1.165, 1.54) is 0 Å². The molecule has 7 heteroatoms. The van der Waals surface area contributed by atoms with Crippen molar-refractivity contribution in [1.82, 2.24) is 14.4 Å². The highest BCUT2D eigenvalue weighted by Crippen LogP contribution is 2.29. The number of amides is 1. The van der Waals surface area contributed by atoms with Crippen molar-refractivity contribution in [3.63, 3.8) is 0 Å². The number of fused-ring (bicyclic) bond motifs is 2. The molecule has 0 radical (unpaired) electrons. The summed E-state index contributed by atoms with van der Waals surface area (Å²) in [5.41, 5.74) is 2.96. The van der Waals surface area contributed by atoms with Crippen molar-refractivity contribution in [1.29, 1.82) is 0 Å². The second kappa shape index (κ2) is 6.79. The molecule has 142 valence electrons. The number of carbonyl (C=O) groups is 1. The van der Waals surface area contributed by atoms with E-state index in [9.17, 15) is 4.79 Å². The average molecular weight is 384 g/mol. The zero-order valence-corrected chi connectivity index (χ0v) is 15.5. The van der Waals surface area contributed by atoms with Crippen molar-refractivity contribution >= 4 is 28.3 Å². The quantitative estimate of drug-likeness (QED) is 0.497. The standard InChI is InChI=1S/C22H16N4O3/c1-28-18-5-2-4-15-12-19(29-20(15)18)21(27)24-16-8-6-14(7-9-16)17-13-26-11-3-10-23-22(26)25-17/h2-13H,1H3,(H,24,27). The Hall–Kier alpha value is -4.13. The van der Waals surface area contributed by atoms with E-state index in [2.05, 4.69) is 15.3 Å². The first-order chi connectivity index (χ1) is 14.2. The summed E-state index contributed by atoms with van der Waals surface area (Å²) in [6.07, 6.45) is 5.52. The van der Waals surface area contributed by atoms with Crippen molar-refractivity contribution in [3.05, 3.63) is 78.9 Å². The molecule has 0 fully saturated rings. The molecule has 1 N–H and O–H groups in total. The lowest BCUT2D eigenvalue weighted by Gasteiger charge is -2.04. The van der Waals surface area contributed by atoms with Crippen LogP contribution in [0.15, 0.2) is 77.6 Å². The number of aromatic nitrogens is 3. The molecule has 3 aromatic heterocycles. The van der Waals surface area contributed by atoms with Crippen LogP contribution in [0.25, 0.3) is 28.0 Å². The van der Waals surface area contributed by atoms with Gasteiger partial charge in [-0.2, -0.15) is 0 Å². The maximum Gasteiger partial charge on any atom is 0.291 e. The van der Waals surface area contributed by atoms with Gasteiger partial charge in [0.05, 0.1) is 12.8 Å². The number of hydrogen-bond acceptors (Lipinski definition) is 5. The second-order valence-corrected chi connectivity index (χ2v) is 6.47. The molecule has 0 saturated heterocycles. The minimum atomic E-state index is -0.326. The van der Waals surface area contributed by atoms with Crippen molar-refractivity contribution in [2.45, 2.75) is 0 Å². The summed E-state index contributed by atoms with van der Waals surface area (Å²) in [5, 5.41) is 3.66. The van der Waals surface area contributed by atoms with Crippen LogP contribution in [0.5, 0.6) is 5.75 Å². The van der Waals surface area contributed by atoms with E-state index < -0.39 is 0 Å². The van der Waals surface area contributed by atoms with Gasteiger partial charge in [0.1, 0.15) is 0 Å². The SMILES string of the molecule is COc1cccc2cc(C(=O)Nc3ccc(-c4cn5cccnc5n4)cc3)oc12. The van der Waals surface area contributed by atoms with Crippen LogP contribution in [0.2, 0.25) is 0 Å². The number of anilines is 1. The van der Waals surface area contributed by atoms with E-state index in [1.54, 1.807) is 25.4 Å². The Labute approximate surface area is 165 Å². The average Bonchev–Trinajstić information content (AvgIpc) is 3.38. The normalized spacial score (nSPS) is 11.1. The largest absolute Gasteiger partial charge is 0.493 e. The lowest BCUT2D eigenvalue weighted by Crippen LogP contribution is -2.10. The first-order valence-electron chi connectivity index (χ1n) is 8.99. The minimum absolute atomic E-state index is 0.222. The van der Waals surface area contributed by atoms with Crippen LogP contribution < -0.4 is 10.1 Å². The van der Waals surface area contributed by atoms with Crippen molar-refractivity contribution < 1.29 is 13.9 Å². The van der Waals surface area contributed by atoms with Gasteiger partial charge < -0.3 is 14.5 Å². The van der Waals surface area contributed by atoms with Gasteiger partial charge in [-0.3, -0.25) is 9.20 Å². The number of ether oxygens (including phenoxy) is 1. The highest BCUT2D eigenvalue weighted by Gasteiger charge is 2.15. The molecule has 29 heavy (non-hydrogen) atoms. The van der Waals surface area contributed by atoms with Crippen molar-refractivity contribution in [2.24, 2.45) is 0 Å². The molecule has 0 aliphatic rings. The highest BCUT2D eigenvalue weighted by molar-refractivity contribution is 6.05. The lowest BCUT2D eigenvalue weighted by molar-refractivity contribution is 0.0998. The summed E-state index contributed by atoms with van der Waals surface area (Å²) in [6, 6.07) is 16.5. The third kappa shape index (κ3) is 3.08. The molecule has 0 aliphatic carbocycles. The summed E-state index contributed by atoms with van der Waals surface area (Å²) in [5.74, 6) is 1.13. The number of rotatable bonds is 4. The maximum atomic E-state index is 12.6. The van der Waals surface area contributed by atoms with E-state index in [1.807, 2.05) is 59.3 Å². The molecule has 0 spiro atoms. The molecule has 0 atom stereocenters. The zero-order chi connectivity index (χ0) is 19.8. The van der Waals surface area contributed by atoms with E-state index in [4.69, 9.17) is 9.15 Å². The summed E-state index contributed by atoms with van der Waals surface area (Å²) in [7, 11) is 1.57. The van der Waals surface area contributed by atoms with Gasteiger partial charge in [-0.15, -0.1) is 0 Å². The highest BCUT2D eigenvalue weighted by atomic mass is 16.5. The number of furan rings is 1. The Morgan fingerprint density at radius 3 is 2.79 bits per heavy atom. The van der Waals surface area contributed by atoms with E-state index >= 15 is 0 Å². The van der Waals surface area contributed by atoms with Gasteiger partial charge in [-0.05, 0) is 30.3 Å². The summed E-state index contributed by atoms with van der Waals surface area (Å²) < 4.78 is 12.8. The molecular formula is C22H16N4O3. The van der Waals surface area contributed by atoms with Gasteiger partial charge in [0.2, 0.25) is 5.78 Å². The van der Waals surface area contributed by atoms with Crippen LogP contribution in [0.4, 0.5) is 5.69 Å². The predicted octanol–water partition coefficient (Wildman–Crippen LogP) is 4.40. The molecule has 2 aromatic carbocycles. The third-order valence-electron chi connectivity index (χ3n) is 4.63. The van der Waals surface area contributed by atoms with Crippen LogP contribution in [0.3, 0.4) is 0 Å². The van der Waals surface area contributed by atoms with E-state index in [0.717, 1.165) is 16.6 Å². The molecule has 0 bridgehead atoms. The number of hydrogen-bond donors (Lipinski definition) is 1. The Morgan fingerprint density at radius 2 is 2.00 bits per heavy atom. The van der Waals surface area contributed by atoms with Crippen LogP contribution in [-0.2, 0) is 0 Å². The van der Waals surface area contributed by atoms with Crippen LogP contribution in [0, 0.1) is 0 Å². The van der Waals surface area contributed by atoms with Gasteiger partial charge >= 0.3 is 0 Å². The molecule has 7 nitrogen and oxygen atoms in total. The number of imidazole rings is 1. The fourth-order valence-electron chi connectivity index (χ4n) is 3.20. The van der Waals surface area contributed by atoms with E-state index in [0.29, 0.717) is 22.8 Å². The molecule has 0 aliphatic heterocycles. The van der Waals surface area contributed by atoms with E-state index in [-0.39, 0.29) is 11.7 Å². The number of nitrogens with zero attached hydrogens (tertiary/aromatic N) is 3. The van der Waals surface area contributed by atoms with Crippen molar-refractivity contribution in [2.75, 3.05) is 12.4 Å². The smallest absolute Gasteiger partial charge is 0.291 e. The van der Waals surface area contributed by atoms with Gasteiger partial charge in [0.25, 0.3) is 5.91 Å². The number of carbonyl (C=O) groups excluding carboxylic acids is 1. The van der Waals surface area contributed by atoms with Gasteiger partial charge in [-0.25, -0.2) is 9.97 Å². The first kappa shape index (κ1) is 17.0. The molecule has 0 unspecified atom stereocenters. The number of benzene rings is 2. The fourth-order valence-corrected chi connectivity index (χ4v) is 3.20.